The predicted octanol–water partition coefficient (Wildman–Crippen LogP) is 8.06. The molecule has 0 spiro atoms. The first-order valence-corrected chi connectivity index (χ1v) is 11.9. The SMILES string of the molecule is Oc1ccccc1-c1nc2c(-c3cc(-c4ccccc4)cc(-c4ccccn4)c3)cccc2s1. The lowest BCUT2D eigenvalue weighted by Gasteiger charge is -2.11. The van der Waals surface area contributed by atoms with Gasteiger partial charge in [0, 0.05) is 17.3 Å². The van der Waals surface area contributed by atoms with E-state index in [1.165, 1.54) is 0 Å². The average Bonchev–Trinajstić information content (AvgIpc) is 3.34. The number of nitrogens with zero attached hydrogens (tertiary/aromatic N) is 2. The molecule has 0 amide bonds. The summed E-state index contributed by atoms with van der Waals surface area (Å²) in [5.74, 6) is 0.242. The molecule has 0 aliphatic rings. The monoisotopic (exact) mass is 456 g/mol. The van der Waals surface area contributed by atoms with Crippen LogP contribution < -0.4 is 0 Å². The molecule has 0 fully saturated rings. The minimum atomic E-state index is 0.242. The van der Waals surface area contributed by atoms with Crippen molar-refractivity contribution >= 4 is 21.6 Å². The summed E-state index contributed by atoms with van der Waals surface area (Å²) in [6.45, 7) is 0. The van der Waals surface area contributed by atoms with Crippen LogP contribution in [0.1, 0.15) is 0 Å². The summed E-state index contributed by atoms with van der Waals surface area (Å²) in [7, 11) is 0. The minimum Gasteiger partial charge on any atom is -0.507 e. The first kappa shape index (κ1) is 20.3. The van der Waals surface area contributed by atoms with Crippen molar-refractivity contribution in [1.82, 2.24) is 9.97 Å². The van der Waals surface area contributed by atoms with Gasteiger partial charge in [-0.3, -0.25) is 4.98 Å². The van der Waals surface area contributed by atoms with Gasteiger partial charge in [0.25, 0.3) is 0 Å². The maximum Gasteiger partial charge on any atom is 0.128 e. The molecule has 4 heteroatoms. The van der Waals surface area contributed by atoms with Gasteiger partial charge in [-0.25, -0.2) is 4.98 Å². The third-order valence-corrected chi connectivity index (χ3v) is 6.92. The van der Waals surface area contributed by atoms with Crippen molar-refractivity contribution in [1.29, 1.82) is 0 Å². The molecule has 6 aromatic rings. The normalized spacial score (nSPS) is 11.1. The van der Waals surface area contributed by atoms with Crippen LogP contribution in [-0.2, 0) is 0 Å². The molecule has 34 heavy (non-hydrogen) atoms. The quantitative estimate of drug-likeness (QED) is 0.292. The van der Waals surface area contributed by atoms with E-state index in [0.717, 1.165) is 54.3 Å². The van der Waals surface area contributed by atoms with Gasteiger partial charge in [-0.05, 0) is 65.2 Å². The second-order valence-electron chi connectivity index (χ2n) is 8.07. The van der Waals surface area contributed by atoms with E-state index in [9.17, 15) is 5.11 Å². The molecule has 0 aliphatic heterocycles. The van der Waals surface area contributed by atoms with Crippen LogP contribution in [0.3, 0.4) is 0 Å². The van der Waals surface area contributed by atoms with E-state index in [0.29, 0.717) is 0 Å². The summed E-state index contributed by atoms with van der Waals surface area (Å²) in [4.78, 5) is 9.56. The van der Waals surface area contributed by atoms with Crippen molar-refractivity contribution in [2.45, 2.75) is 0 Å². The Morgan fingerprint density at radius 1 is 0.588 bits per heavy atom. The number of hydrogen-bond acceptors (Lipinski definition) is 4. The van der Waals surface area contributed by atoms with Crippen LogP contribution in [0.2, 0.25) is 0 Å². The summed E-state index contributed by atoms with van der Waals surface area (Å²) >= 11 is 1.59. The van der Waals surface area contributed by atoms with E-state index >= 15 is 0 Å². The number of benzene rings is 4. The van der Waals surface area contributed by atoms with Gasteiger partial charge in [0.1, 0.15) is 10.8 Å². The molecule has 1 N–H and O–H groups in total. The van der Waals surface area contributed by atoms with Crippen molar-refractivity contribution in [2.24, 2.45) is 0 Å². The number of para-hydroxylation sites is 2. The van der Waals surface area contributed by atoms with E-state index < -0.39 is 0 Å². The zero-order valence-electron chi connectivity index (χ0n) is 18.2. The zero-order chi connectivity index (χ0) is 22.9. The maximum atomic E-state index is 10.4. The van der Waals surface area contributed by atoms with Gasteiger partial charge in [-0.2, -0.15) is 0 Å². The fourth-order valence-corrected chi connectivity index (χ4v) is 5.24. The lowest BCUT2D eigenvalue weighted by Crippen LogP contribution is -1.88. The summed E-state index contributed by atoms with van der Waals surface area (Å²) < 4.78 is 1.08. The molecule has 0 radical (unpaired) electrons. The number of pyridine rings is 1. The molecular formula is C30H20N2OS. The van der Waals surface area contributed by atoms with E-state index in [-0.39, 0.29) is 5.75 Å². The maximum absolute atomic E-state index is 10.4. The number of aromatic nitrogens is 2. The van der Waals surface area contributed by atoms with Gasteiger partial charge in [-0.15, -0.1) is 11.3 Å². The smallest absolute Gasteiger partial charge is 0.128 e. The van der Waals surface area contributed by atoms with Crippen LogP contribution in [0, 0.1) is 0 Å². The van der Waals surface area contributed by atoms with Crippen LogP contribution in [0.25, 0.3) is 54.3 Å². The Bertz CT molecular complexity index is 1550. The van der Waals surface area contributed by atoms with Crippen molar-refractivity contribution in [2.75, 3.05) is 0 Å². The largest absolute Gasteiger partial charge is 0.507 e. The first-order valence-electron chi connectivity index (χ1n) is 11.1. The molecular weight excluding hydrogens is 436 g/mol. The third-order valence-electron chi connectivity index (χ3n) is 5.87. The number of phenols is 1. The molecule has 0 saturated carbocycles. The standard InChI is InChI=1S/C30H20N2OS/c33-27-14-5-4-11-25(27)30-32-29-24(12-8-15-28(29)34-30)22-17-21(20-9-2-1-3-10-20)18-23(19-22)26-13-6-7-16-31-26/h1-19,33H. The number of phenolic OH excluding ortho intramolecular Hbond substituents is 1. The Kier molecular flexibility index (Phi) is 5.13. The molecule has 0 unspecified atom stereocenters. The highest BCUT2D eigenvalue weighted by atomic mass is 32.1. The molecule has 6 rings (SSSR count). The van der Waals surface area contributed by atoms with Gasteiger partial charge >= 0.3 is 0 Å². The topological polar surface area (TPSA) is 46.0 Å². The Morgan fingerprint density at radius 3 is 2.15 bits per heavy atom. The summed E-state index contributed by atoms with van der Waals surface area (Å²) in [5.41, 5.74) is 8.11. The number of hydrogen-bond donors (Lipinski definition) is 1. The molecule has 0 aliphatic carbocycles. The molecule has 4 aromatic carbocycles. The molecule has 2 heterocycles. The lowest BCUT2D eigenvalue weighted by atomic mass is 9.94. The first-order chi connectivity index (χ1) is 16.8. The van der Waals surface area contributed by atoms with E-state index in [4.69, 9.17) is 4.98 Å². The third kappa shape index (κ3) is 3.74. The van der Waals surface area contributed by atoms with Gasteiger partial charge in [0.05, 0.1) is 21.5 Å². The highest BCUT2D eigenvalue weighted by Crippen LogP contribution is 2.40. The van der Waals surface area contributed by atoms with Gasteiger partial charge in [0.15, 0.2) is 0 Å². The Labute approximate surface area is 201 Å². The Hall–Kier alpha value is -4.28. The second kappa shape index (κ2) is 8.58. The molecule has 2 aromatic heterocycles. The van der Waals surface area contributed by atoms with Crippen LogP contribution in [-0.4, -0.2) is 15.1 Å². The predicted molar refractivity (Wildman–Crippen MR) is 141 cm³/mol. The number of thiazole rings is 1. The van der Waals surface area contributed by atoms with Crippen molar-refractivity contribution < 1.29 is 5.11 Å². The molecule has 0 saturated heterocycles. The molecule has 3 nitrogen and oxygen atoms in total. The Morgan fingerprint density at radius 2 is 1.32 bits per heavy atom. The van der Waals surface area contributed by atoms with Gasteiger partial charge in [0.2, 0.25) is 0 Å². The van der Waals surface area contributed by atoms with Crippen LogP contribution >= 0.6 is 11.3 Å². The summed E-state index contributed by atoms with van der Waals surface area (Å²) in [5, 5.41) is 11.2. The number of aromatic hydroxyl groups is 1. The Balaban J connectivity index is 1.57. The highest BCUT2D eigenvalue weighted by Gasteiger charge is 2.15. The van der Waals surface area contributed by atoms with E-state index in [1.54, 1.807) is 17.4 Å². The van der Waals surface area contributed by atoms with Crippen molar-refractivity contribution in [3.63, 3.8) is 0 Å². The molecule has 0 bridgehead atoms. The highest BCUT2D eigenvalue weighted by molar-refractivity contribution is 7.21. The average molecular weight is 457 g/mol. The number of fused-ring (bicyclic) bond motifs is 1. The van der Waals surface area contributed by atoms with Gasteiger partial charge < -0.3 is 5.11 Å². The minimum absolute atomic E-state index is 0.242. The molecule has 0 atom stereocenters. The van der Waals surface area contributed by atoms with Crippen molar-refractivity contribution in [3.8, 4) is 49.8 Å². The summed E-state index contributed by atoms with van der Waals surface area (Å²) in [6, 6.07) is 36.6. The van der Waals surface area contributed by atoms with Crippen LogP contribution in [0.5, 0.6) is 5.75 Å². The van der Waals surface area contributed by atoms with Gasteiger partial charge in [-0.1, -0.05) is 60.7 Å². The van der Waals surface area contributed by atoms with E-state index in [1.807, 2.05) is 48.7 Å². The summed E-state index contributed by atoms with van der Waals surface area (Å²) in [6.07, 6.45) is 1.82. The lowest BCUT2D eigenvalue weighted by molar-refractivity contribution is 0.477. The van der Waals surface area contributed by atoms with Crippen molar-refractivity contribution in [3.05, 3.63) is 115 Å². The van der Waals surface area contributed by atoms with Crippen LogP contribution in [0.4, 0.5) is 0 Å². The van der Waals surface area contributed by atoms with E-state index in [2.05, 4.69) is 65.6 Å². The van der Waals surface area contributed by atoms with Crippen LogP contribution in [0.15, 0.2) is 115 Å². The zero-order valence-corrected chi connectivity index (χ0v) is 19.0. The number of rotatable bonds is 4. The fraction of sp³-hybridized carbons (Fsp3) is 0. The fourth-order valence-electron chi connectivity index (χ4n) is 4.21. The molecule has 162 valence electrons. The second-order valence-corrected chi connectivity index (χ2v) is 9.10.